The zero-order valence-electron chi connectivity index (χ0n) is 6.11. The van der Waals surface area contributed by atoms with Crippen molar-refractivity contribution in [3.05, 3.63) is 24.0 Å². The first-order valence-electron chi connectivity index (χ1n) is 3.37. The molecule has 3 N–H and O–H groups in total. The number of nitrogens with zero attached hydrogens (tertiary/aromatic N) is 2. The van der Waals surface area contributed by atoms with E-state index in [0.717, 1.165) is 5.52 Å². The lowest BCUT2D eigenvalue weighted by atomic mass is 10.3. The highest BCUT2D eigenvalue weighted by Gasteiger charge is 2.03. The minimum atomic E-state index is -0.530. The molecule has 2 aromatic heterocycles. The molecule has 0 aromatic carbocycles. The van der Waals surface area contributed by atoms with Gasteiger partial charge in [0.05, 0.1) is 11.7 Å². The van der Waals surface area contributed by atoms with Gasteiger partial charge in [-0.1, -0.05) is 0 Å². The minimum absolute atomic E-state index is 0.254. The van der Waals surface area contributed by atoms with Crippen molar-refractivity contribution in [3.8, 4) is 0 Å². The van der Waals surface area contributed by atoms with Crippen LogP contribution < -0.4 is 5.73 Å². The molecule has 0 saturated carbocycles. The van der Waals surface area contributed by atoms with Gasteiger partial charge in [0.1, 0.15) is 11.2 Å². The van der Waals surface area contributed by atoms with Gasteiger partial charge in [0.15, 0.2) is 0 Å². The molecule has 0 unspecified atom stereocenters. The van der Waals surface area contributed by atoms with Gasteiger partial charge in [0.25, 0.3) is 5.91 Å². The van der Waals surface area contributed by atoms with Crippen LogP contribution in [0.3, 0.4) is 0 Å². The van der Waals surface area contributed by atoms with Crippen LogP contribution >= 0.6 is 0 Å². The van der Waals surface area contributed by atoms with Crippen LogP contribution in [0.15, 0.2) is 18.3 Å². The number of amides is 1. The Labute approximate surface area is 67.6 Å². The number of rotatable bonds is 1. The lowest BCUT2D eigenvalue weighted by molar-refractivity contribution is 0.0996. The molecule has 2 rings (SSSR count). The van der Waals surface area contributed by atoms with E-state index in [9.17, 15) is 4.79 Å². The molecular weight excluding hydrogens is 156 g/mol. The fourth-order valence-corrected chi connectivity index (χ4v) is 0.968. The summed E-state index contributed by atoms with van der Waals surface area (Å²) in [6.45, 7) is 0. The summed E-state index contributed by atoms with van der Waals surface area (Å²) in [6.07, 6.45) is 1.54. The number of nitrogens with two attached hydrogens (primary N) is 1. The maximum absolute atomic E-state index is 10.7. The summed E-state index contributed by atoms with van der Waals surface area (Å²) < 4.78 is 0. The minimum Gasteiger partial charge on any atom is -0.364 e. The van der Waals surface area contributed by atoms with E-state index in [2.05, 4.69) is 15.2 Å². The van der Waals surface area contributed by atoms with Crippen LogP contribution in [0.4, 0.5) is 0 Å². The van der Waals surface area contributed by atoms with Crippen molar-refractivity contribution in [3.63, 3.8) is 0 Å². The molecule has 12 heavy (non-hydrogen) atoms. The summed E-state index contributed by atoms with van der Waals surface area (Å²) in [5.41, 5.74) is 6.73. The first kappa shape index (κ1) is 6.78. The molecule has 0 aliphatic rings. The molecule has 0 aliphatic heterocycles. The summed E-state index contributed by atoms with van der Waals surface area (Å²) in [6, 6.07) is 3.28. The summed E-state index contributed by atoms with van der Waals surface area (Å²) in [5.74, 6) is -0.530. The summed E-state index contributed by atoms with van der Waals surface area (Å²) in [4.78, 5) is 14.7. The molecule has 60 valence electrons. The molecule has 0 saturated heterocycles. The van der Waals surface area contributed by atoms with E-state index in [4.69, 9.17) is 5.73 Å². The Kier molecular flexibility index (Phi) is 1.30. The fraction of sp³-hybridized carbons (Fsp3) is 0. The molecule has 0 atom stereocenters. The van der Waals surface area contributed by atoms with Crippen molar-refractivity contribution in [2.45, 2.75) is 0 Å². The van der Waals surface area contributed by atoms with Crippen molar-refractivity contribution in [2.75, 3.05) is 0 Å². The van der Waals surface area contributed by atoms with Gasteiger partial charge in [-0.25, -0.2) is 4.98 Å². The zero-order valence-corrected chi connectivity index (χ0v) is 6.11. The van der Waals surface area contributed by atoms with Crippen LogP contribution in [0, 0.1) is 0 Å². The first-order chi connectivity index (χ1) is 5.77. The predicted octanol–water partition coefficient (Wildman–Crippen LogP) is 0.0568. The molecule has 2 heterocycles. The Morgan fingerprint density at radius 1 is 1.50 bits per heavy atom. The predicted molar refractivity (Wildman–Crippen MR) is 42.4 cm³/mol. The maximum atomic E-state index is 10.7. The van der Waals surface area contributed by atoms with Crippen LogP contribution in [-0.2, 0) is 0 Å². The normalized spacial score (nSPS) is 10.3. The van der Waals surface area contributed by atoms with Crippen molar-refractivity contribution >= 4 is 16.9 Å². The van der Waals surface area contributed by atoms with E-state index < -0.39 is 5.91 Å². The average Bonchev–Trinajstić information content (AvgIpc) is 2.49. The summed E-state index contributed by atoms with van der Waals surface area (Å²) in [5, 5.41) is 6.48. The van der Waals surface area contributed by atoms with Crippen molar-refractivity contribution in [1.29, 1.82) is 0 Å². The van der Waals surface area contributed by atoms with Gasteiger partial charge in [-0.2, -0.15) is 5.10 Å². The summed E-state index contributed by atoms with van der Waals surface area (Å²) >= 11 is 0. The Morgan fingerprint density at radius 3 is 3.08 bits per heavy atom. The first-order valence-corrected chi connectivity index (χ1v) is 3.37. The lowest BCUT2D eigenvalue weighted by Gasteiger charge is -1.92. The SMILES string of the molecule is NC(=O)c1ccc2[nH]ncc2n1. The highest BCUT2D eigenvalue weighted by Crippen LogP contribution is 2.07. The van der Waals surface area contributed by atoms with Crippen molar-refractivity contribution in [2.24, 2.45) is 5.73 Å². The Hall–Kier alpha value is -1.91. The number of aromatic amines is 1. The second kappa shape index (κ2) is 2.30. The molecule has 0 bridgehead atoms. The molecule has 0 aliphatic carbocycles. The van der Waals surface area contributed by atoms with Gasteiger partial charge in [0, 0.05) is 0 Å². The Balaban J connectivity index is 2.68. The van der Waals surface area contributed by atoms with Gasteiger partial charge in [0.2, 0.25) is 0 Å². The second-order valence-electron chi connectivity index (χ2n) is 2.36. The van der Waals surface area contributed by atoms with E-state index >= 15 is 0 Å². The fourth-order valence-electron chi connectivity index (χ4n) is 0.968. The zero-order chi connectivity index (χ0) is 8.55. The lowest BCUT2D eigenvalue weighted by Crippen LogP contribution is -2.12. The van der Waals surface area contributed by atoms with Crippen molar-refractivity contribution in [1.82, 2.24) is 15.2 Å². The Morgan fingerprint density at radius 2 is 2.33 bits per heavy atom. The van der Waals surface area contributed by atoms with Gasteiger partial charge in [-0.05, 0) is 12.1 Å². The van der Waals surface area contributed by atoms with E-state index in [1.54, 1.807) is 18.3 Å². The van der Waals surface area contributed by atoms with Gasteiger partial charge in [-0.15, -0.1) is 0 Å². The van der Waals surface area contributed by atoms with Crippen LogP contribution in [0.5, 0.6) is 0 Å². The van der Waals surface area contributed by atoms with Crippen LogP contribution in [0.25, 0.3) is 11.0 Å². The van der Waals surface area contributed by atoms with E-state index in [-0.39, 0.29) is 5.69 Å². The number of hydrogen-bond acceptors (Lipinski definition) is 3. The topological polar surface area (TPSA) is 84.7 Å². The monoisotopic (exact) mass is 162 g/mol. The molecule has 2 aromatic rings. The molecule has 5 nitrogen and oxygen atoms in total. The number of aromatic nitrogens is 3. The molecule has 1 amide bonds. The third kappa shape index (κ3) is 0.914. The second-order valence-corrected chi connectivity index (χ2v) is 2.36. The number of primary amides is 1. The van der Waals surface area contributed by atoms with E-state index in [0.29, 0.717) is 5.52 Å². The third-order valence-electron chi connectivity index (χ3n) is 1.55. The van der Waals surface area contributed by atoms with Gasteiger partial charge < -0.3 is 5.73 Å². The summed E-state index contributed by atoms with van der Waals surface area (Å²) in [7, 11) is 0. The Bertz CT molecular complexity index is 434. The van der Waals surface area contributed by atoms with E-state index in [1.807, 2.05) is 0 Å². The van der Waals surface area contributed by atoms with Crippen LogP contribution in [0.2, 0.25) is 0 Å². The van der Waals surface area contributed by atoms with E-state index in [1.165, 1.54) is 0 Å². The third-order valence-corrected chi connectivity index (χ3v) is 1.55. The number of H-pyrrole nitrogens is 1. The smallest absolute Gasteiger partial charge is 0.267 e. The van der Waals surface area contributed by atoms with Crippen LogP contribution in [-0.4, -0.2) is 21.1 Å². The standard InChI is InChI=1S/C7H6N4O/c8-7(12)5-2-1-4-6(10-5)3-9-11-4/h1-3H,(H2,8,12)(H,9,11). The molecule has 0 spiro atoms. The maximum Gasteiger partial charge on any atom is 0.267 e. The number of pyridine rings is 1. The average molecular weight is 162 g/mol. The highest BCUT2D eigenvalue weighted by atomic mass is 16.1. The molecule has 0 radical (unpaired) electrons. The number of fused-ring (bicyclic) bond motifs is 1. The molecule has 0 fully saturated rings. The molecular formula is C7H6N4O. The number of carbonyl (C=O) groups is 1. The van der Waals surface area contributed by atoms with Crippen LogP contribution in [0.1, 0.15) is 10.5 Å². The number of carbonyl (C=O) groups excluding carboxylic acids is 1. The largest absolute Gasteiger partial charge is 0.364 e. The highest BCUT2D eigenvalue weighted by molar-refractivity contribution is 5.92. The van der Waals surface area contributed by atoms with Gasteiger partial charge in [-0.3, -0.25) is 9.89 Å². The molecule has 5 heteroatoms. The number of hydrogen-bond donors (Lipinski definition) is 2. The van der Waals surface area contributed by atoms with Gasteiger partial charge >= 0.3 is 0 Å². The number of nitrogens with one attached hydrogen (secondary N) is 1. The quantitative estimate of drug-likeness (QED) is 0.621. The van der Waals surface area contributed by atoms with Crippen molar-refractivity contribution < 1.29 is 4.79 Å².